The number of methoxy groups -OCH3 is 3. The van der Waals surface area contributed by atoms with E-state index in [-0.39, 0.29) is 11.3 Å². The van der Waals surface area contributed by atoms with Crippen LogP contribution in [0.5, 0.6) is 17.2 Å². The number of benzene rings is 1. The summed E-state index contributed by atoms with van der Waals surface area (Å²) >= 11 is 0. The molecule has 8 heteroatoms. The van der Waals surface area contributed by atoms with Crippen LogP contribution in [0.2, 0.25) is 0 Å². The molecule has 0 saturated heterocycles. The van der Waals surface area contributed by atoms with Crippen molar-refractivity contribution in [3.63, 3.8) is 0 Å². The molecule has 0 radical (unpaired) electrons. The fraction of sp³-hybridized carbons (Fsp3) is 0.348. The molecule has 2 aromatic carbocycles. The van der Waals surface area contributed by atoms with Gasteiger partial charge in [-0.15, -0.1) is 0 Å². The molecule has 1 aliphatic rings. The SMILES string of the molecule is CNc1ccc2c(cc1=O)C(NC(C)=O)CCc1c(C#N)c(OC)c(OC)c(OC)c1-2. The van der Waals surface area contributed by atoms with Gasteiger partial charge in [-0.2, -0.15) is 5.26 Å². The second-order valence-electron chi connectivity index (χ2n) is 7.11. The van der Waals surface area contributed by atoms with Gasteiger partial charge >= 0.3 is 0 Å². The number of nitrogens with zero attached hydrogens (tertiary/aromatic N) is 1. The van der Waals surface area contributed by atoms with Gasteiger partial charge in [-0.05, 0) is 41.7 Å². The molecule has 0 fully saturated rings. The molecular formula is C23H25N3O5. The van der Waals surface area contributed by atoms with Crippen molar-refractivity contribution < 1.29 is 19.0 Å². The van der Waals surface area contributed by atoms with Crippen molar-refractivity contribution in [2.45, 2.75) is 25.8 Å². The normalized spacial score (nSPS) is 14.3. The number of hydrogen-bond acceptors (Lipinski definition) is 7. The summed E-state index contributed by atoms with van der Waals surface area (Å²) in [6.07, 6.45) is 0.955. The molecule has 1 atom stereocenters. The van der Waals surface area contributed by atoms with Crippen molar-refractivity contribution in [1.29, 1.82) is 5.26 Å². The van der Waals surface area contributed by atoms with Gasteiger partial charge in [0.2, 0.25) is 17.1 Å². The summed E-state index contributed by atoms with van der Waals surface area (Å²) in [5.74, 6) is 0.785. The van der Waals surface area contributed by atoms with Crippen LogP contribution in [-0.2, 0) is 11.2 Å². The van der Waals surface area contributed by atoms with E-state index in [1.54, 1.807) is 19.2 Å². The maximum atomic E-state index is 12.8. The van der Waals surface area contributed by atoms with Gasteiger partial charge in [0.25, 0.3) is 0 Å². The van der Waals surface area contributed by atoms with Crippen molar-refractivity contribution in [3.8, 4) is 34.4 Å². The largest absolute Gasteiger partial charge is 0.492 e. The summed E-state index contributed by atoms with van der Waals surface area (Å²) in [5.41, 5.74) is 3.24. The van der Waals surface area contributed by atoms with Crippen LogP contribution in [0.1, 0.15) is 36.1 Å². The van der Waals surface area contributed by atoms with Gasteiger partial charge < -0.3 is 24.8 Å². The minimum absolute atomic E-state index is 0.206. The fourth-order valence-electron chi connectivity index (χ4n) is 4.16. The average molecular weight is 423 g/mol. The Balaban J connectivity index is 2.52. The maximum absolute atomic E-state index is 12.8. The van der Waals surface area contributed by atoms with Gasteiger partial charge in [-0.3, -0.25) is 9.59 Å². The number of ether oxygens (including phenoxy) is 3. The summed E-state index contributed by atoms with van der Waals surface area (Å²) in [4.78, 5) is 24.7. The first-order valence-corrected chi connectivity index (χ1v) is 9.80. The van der Waals surface area contributed by atoms with Crippen molar-refractivity contribution in [1.82, 2.24) is 5.32 Å². The highest BCUT2D eigenvalue weighted by Gasteiger charge is 2.32. The lowest BCUT2D eigenvalue weighted by molar-refractivity contribution is -0.119. The zero-order valence-corrected chi connectivity index (χ0v) is 18.2. The number of fused-ring (bicyclic) bond motifs is 3. The Kier molecular flexibility index (Phi) is 6.35. The fourth-order valence-corrected chi connectivity index (χ4v) is 4.16. The molecule has 3 rings (SSSR count). The first kappa shape index (κ1) is 22.0. The van der Waals surface area contributed by atoms with Crippen molar-refractivity contribution in [3.05, 3.63) is 45.1 Å². The molecule has 2 aromatic rings. The molecule has 1 amide bonds. The second kappa shape index (κ2) is 8.96. The number of nitrogens with one attached hydrogen (secondary N) is 2. The zero-order valence-electron chi connectivity index (χ0n) is 18.2. The van der Waals surface area contributed by atoms with E-state index < -0.39 is 6.04 Å². The van der Waals surface area contributed by atoms with E-state index in [1.807, 2.05) is 0 Å². The molecule has 8 nitrogen and oxygen atoms in total. The standard InChI is InChI=1S/C23H25N3O5/c1-12(27)26-17-8-6-14-16(11-24)21(29-3)23(31-5)22(30-4)20(14)13-7-9-18(25-2)19(28)10-15(13)17/h7,9-10,17H,6,8H2,1-5H3,(H,25,28)(H,26,27). The Hall–Kier alpha value is -3.73. The second-order valence-corrected chi connectivity index (χ2v) is 7.11. The molecule has 162 valence electrons. The van der Waals surface area contributed by atoms with Gasteiger partial charge in [0.05, 0.1) is 33.1 Å². The van der Waals surface area contributed by atoms with Crippen molar-refractivity contribution >= 4 is 11.6 Å². The summed E-state index contributed by atoms with van der Waals surface area (Å²) in [7, 11) is 6.13. The maximum Gasteiger partial charge on any atom is 0.217 e. The smallest absolute Gasteiger partial charge is 0.217 e. The lowest BCUT2D eigenvalue weighted by atomic mass is 9.92. The van der Waals surface area contributed by atoms with E-state index in [0.717, 1.165) is 5.56 Å². The molecule has 0 saturated carbocycles. The van der Waals surface area contributed by atoms with Gasteiger partial charge in [-0.25, -0.2) is 0 Å². The molecule has 0 aliphatic heterocycles. The van der Waals surface area contributed by atoms with Gasteiger partial charge in [0, 0.05) is 19.5 Å². The van der Waals surface area contributed by atoms with Crippen LogP contribution in [0.25, 0.3) is 11.1 Å². The Morgan fingerprint density at radius 3 is 2.35 bits per heavy atom. The lowest BCUT2D eigenvalue weighted by Gasteiger charge is -2.21. The summed E-state index contributed by atoms with van der Waals surface area (Å²) in [6, 6.07) is 6.83. The Labute approximate surface area is 180 Å². The van der Waals surface area contributed by atoms with Crippen LogP contribution < -0.4 is 30.3 Å². The third-order valence-electron chi connectivity index (χ3n) is 5.45. The third-order valence-corrected chi connectivity index (χ3v) is 5.45. The quantitative estimate of drug-likeness (QED) is 0.761. The summed E-state index contributed by atoms with van der Waals surface area (Å²) in [6.45, 7) is 1.44. The minimum atomic E-state index is -0.419. The minimum Gasteiger partial charge on any atom is -0.492 e. The number of rotatable bonds is 5. The van der Waals surface area contributed by atoms with E-state index in [9.17, 15) is 14.9 Å². The van der Waals surface area contributed by atoms with Gasteiger partial charge in [-0.1, -0.05) is 6.07 Å². The zero-order chi connectivity index (χ0) is 22.7. The lowest BCUT2D eigenvalue weighted by Crippen LogP contribution is -2.26. The molecule has 0 bridgehead atoms. The van der Waals surface area contributed by atoms with E-state index in [2.05, 4.69) is 16.7 Å². The highest BCUT2D eigenvalue weighted by atomic mass is 16.5. The number of carbonyl (C=O) groups excluding carboxylic acids is 1. The first-order valence-electron chi connectivity index (χ1n) is 9.80. The number of nitriles is 1. The molecular weight excluding hydrogens is 398 g/mol. The van der Waals surface area contributed by atoms with Crippen LogP contribution in [-0.4, -0.2) is 34.3 Å². The Morgan fingerprint density at radius 2 is 1.81 bits per heavy atom. The topological polar surface area (TPSA) is 110 Å². The molecule has 1 unspecified atom stereocenters. The predicted molar refractivity (Wildman–Crippen MR) is 117 cm³/mol. The summed E-state index contributed by atoms with van der Waals surface area (Å²) < 4.78 is 16.8. The average Bonchev–Trinajstić information content (AvgIpc) is 3.00. The van der Waals surface area contributed by atoms with Gasteiger partial charge in [0.15, 0.2) is 11.5 Å². The van der Waals surface area contributed by atoms with Crippen LogP contribution in [0, 0.1) is 11.3 Å². The van der Waals surface area contributed by atoms with Crippen LogP contribution in [0.15, 0.2) is 23.0 Å². The number of carbonyl (C=O) groups is 1. The van der Waals surface area contributed by atoms with Crippen LogP contribution in [0.3, 0.4) is 0 Å². The number of amides is 1. The highest BCUT2D eigenvalue weighted by Crippen LogP contribution is 2.52. The molecule has 31 heavy (non-hydrogen) atoms. The van der Waals surface area contributed by atoms with E-state index in [1.165, 1.54) is 34.3 Å². The monoisotopic (exact) mass is 423 g/mol. The molecule has 0 aromatic heterocycles. The molecule has 0 heterocycles. The Morgan fingerprint density at radius 1 is 1.13 bits per heavy atom. The predicted octanol–water partition coefficient (Wildman–Crippen LogP) is 2.78. The van der Waals surface area contributed by atoms with E-state index >= 15 is 0 Å². The molecule has 1 aliphatic carbocycles. The molecule has 2 N–H and O–H groups in total. The third kappa shape index (κ3) is 3.75. The first-order chi connectivity index (χ1) is 14.9. The van der Waals surface area contributed by atoms with Gasteiger partial charge in [0.1, 0.15) is 11.6 Å². The number of hydrogen-bond donors (Lipinski definition) is 2. The van der Waals surface area contributed by atoms with E-state index in [0.29, 0.717) is 58.0 Å². The van der Waals surface area contributed by atoms with Crippen molar-refractivity contribution in [2.75, 3.05) is 33.7 Å². The number of anilines is 1. The van der Waals surface area contributed by atoms with Crippen molar-refractivity contribution in [2.24, 2.45) is 0 Å². The van der Waals surface area contributed by atoms with E-state index in [4.69, 9.17) is 14.2 Å². The highest BCUT2D eigenvalue weighted by molar-refractivity contribution is 5.86. The van der Waals surface area contributed by atoms with Crippen LogP contribution >= 0.6 is 0 Å². The Bertz CT molecular complexity index is 1140. The molecule has 0 spiro atoms. The summed E-state index contributed by atoms with van der Waals surface area (Å²) in [5, 5.41) is 15.8. The van der Waals surface area contributed by atoms with Crippen LogP contribution in [0.4, 0.5) is 5.69 Å².